The van der Waals surface area contributed by atoms with Crippen molar-refractivity contribution in [3.05, 3.63) is 0 Å². The second-order valence-corrected chi connectivity index (χ2v) is 5.72. The van der Waals surface area contributed by atoms with Gasteiger partial charge in [-0.25, -0.2) is 9.59 Å². The number of unbranched alkanes of at least 4 members (excludes halogenated alkanes) is 3. The number of hydrogen-bond donors (Lipinski definition) is 0. The molecule has 124 valence electrons. The highest BCUT2D eigenvalue weighted by Gasteiger charge is 2.11. The van der Waals surface area contributed by atoms with Gasteiger partial charge in [-0.05, 0) is 25.7 Å². The van der Waals surface area contributed by atoms with Crippen LogP contribution in [0.2, 0.25) is 0 Å². The fourth-order valence-electron chi connectivity index (χ4n) is 1.69. The minimum absolute atomic E-state index is 0.106. The Hall–Kier alpha value is -1.10. The maximum Gasteiger partial charge on any atom is 0.332 e. The molecule has 5 heteroatoms. The van der Waals surface area contributed by atoms with Crippen LogP contribution < -0.4 is 0 Å². The molecule has 0 radical (unpaired) electrons. The molecule has 0 heterocycles. The van der Waals surface area contributed by atoms with Crippen LogP contribution in [0.5, 0.6) is 0 Å². The molecule has 0 aliphatic rings. The molecule has 0 aromatic heterocycles. The topological polar surface area (TPSA) is 61.8 Å². The summed E-state index contributed by atoms with van der Waals surface area (Å²) in [5, 5.41) is 0. The van der Waals surface area contributed by atoms with Gasteiger partial charge >= 0.3 is 11.9 Å². The predicted molar refractivity (Wildman–Crippen MR) is 80.9 cm³/mol. The van der Waals surface area contributed by atoms with Crippen LogP contribution in [0.1, 0.15) is 59.8 Å². The molecule has 0 aliphatic heterocycles. The first-order chi connectivity index (χ1) is 9.95. The summed E-state index contributed by atoms with van der Waals surface area (Å²) in [6.07, 6.45) is 5.38. The quantitative estimate of drug-likeness (QED) is 0.409. The molecular weight excluding hydrogens is 272 g/mol. The molecule has 0 saturated carbocycles. The lowest BCUT2D eigenvalue weighted by Gasteiger charge is -2.13. The van der Waals surface area contributed by atoms with Crippen molar-refractivity contribution in [2.45, 2.75) is 65.9 Å². The van der Waals surface area contributed by atoms with Crippen molar-refractivity contribution in [3.63, 3.8) is 0 Å². The molecule has 0 aliphatic carbocycles. The summed E-state index contributed by atoms with van der Waals surface area (Å²) in [4.78, 5) is 22.7. The summed E-state index contributed by atoms with van der Waals surface area (Å²) in [7, 11) is 0. The summed E-state index contributed by atoms with van der Waals surface area (Å²) in [5.41, 5.74) is 0. The minimum Gasteiger partial charge on any atom is -0.464 e. The Labute approximate surface area is 128 Å². The van der Waals surface area contributed by atoms with E-state index in [1.807, 2.05) is 20.8 Å². The number of ether oxygens (including phenoxy) is 3. The van der Waals surface area contributed by atoms with Crippen LogP contribution in [0.3, 0.4) is 0 Å². The lowest BCUT2D eigenvalue weighted by atomic mass is 10.1. The molecule has 0 aromatic rings. The summed E-state index contributed by atoms with van der Waals surface area (Å²) in [6.45, 7) is 7.87. The Bertz CT molecular complexity index is 288. The zero-order valence-corrected chi connectivity index (χ0v) is 13.9. The molecule has 0 N–H and O–H groups in total. The van der Waals surface area contributed by atoms with Gasteiger partial charge in [0, 0.05) is 0 Å². The summed E-state index contributed by atoms with van der Waals surface area (Å²) >= 11 is 0. The highest BCUT2D eigenvalue weighted by molar-refractivity contribution is 5.73. The molecule has 0 spiro atoms. The van der Waals surface area contributed by atoms with Crippen molar-refractivity contribution in [1.29, 1.82) is 0 Å². The van der Waals surface area contributed by atoms with E-state index < -0.39 is 11.9 Å². The number of carbonyl (C=O) groups is 2. The van der Waals surface area contributed by atoms with Gasteiger partial charge in [0.2, 0.25) is 0 Å². The number of carbonyl (C=O) groups excluding carboxylic acids is 2. The number of rotatable bonds is 12. The molecule has 0 bridgehead atoms. The molecular formula is C16H30O5. The molecule has 0 amide bonds. The fraction of sp³-hybridized carbons (Fsp3) is 0.875. The molecule has 1 atom stereocenters. The van der Waals surface area contributed by atoms with Crippen molar-refractivity contribution in [2.24, 2.45) is 5.92 Å². The Kier molecular flexibility index (Phi) is 12.0. The first kappa shape index (κ1) is 19.9. The van der Waals surface area contributed by atoms with Crippen molar-refractivity contribution in [3.8, 4) is 0 Å². The Morgan fingerprint density at radius 1 is 0.952 bits per heavy atom. The zero-order valence-electron chi connectivity index (χ0n) is 13.9. The molecule has 5 nitrogen and oxygen atoms in total. The van der Waals surface area contributed by atoms with Gasteiger partial charge in [-0.15, -0.1) is 0 Å². The van der Waals surface area contributed by atoms with Crippen LogP contribution in [-0.2, 0) is 23.8 Å². The standard InChI is InChI=1S/C16H30O5/c1-5-6-7-8-9-14(4)21-16(18)12-19-11-15(17)20-10-13(2)3/h13-14H,5-12H2,1-4H3. The van der Waals surface area contributed by atoms with Crippen LogP contribution in [0.4, 0.5) is 0 Å². The first-order valence-electron chi connectivity index (χ1n) is 7.88. The van der Waals surface area contributed by atoms with E-state index in [2.05, 4.69) is 6.92 Å². The van der Waals surface area contributed by atoms with Gasteiger partial charge in [0.15, 0.2) is 0 Å². The van der Waals surface area contributed by atoms with Crippen LogP contribution >= 0.6 is 0 Å². The highest BCUT2D eigenvalue weighted by atomic mass is 16.6. The zero-order chi connectivity index (χ0) is 16.1. The van der Waals surface area contributed by atoms with Crippen LogP contribution in [0, 0.1) is 5.92 Å². The highest BCUT2D eigenvalue weighted by Crippen LogP contribution is 2.08. The predicted octanol–water partition coefficient (Wildman–Crippen LogP) is 3.10. The third-order valence-electron chi connectivity index (χ3n) is 2.81. The van der Waals surface area contributed by atoms with Gasteiger partial charge in [0.25, 0.3) is 0 Å². The van der Waals surface area contributed by atoms with Crippen LogP contribution in [0.25, 0.3) is 0 Å². The second-order valence-electron chi connectivity index (χ2n) is 5.72. The van der Waals surface area contributed by atoms with Gasteiger partial charge in [-0.3, -0.25) is 0 Å². The lowest BCUT2D eigenvalue weighted by molar-refractivity contribution is -0.158. The van der Waals surface area contributed by atoms with E-state index in [1.54, 1.807) is 0 Å². The van der Waals surface area contributed by atoms with E-state index in [0.29, 0.717) is 6.61 Å². The molecule has 0 fully saturated rings. The van der Waals surface area contributed by atoms with Crippen LogP contribution in [-0.4, -0.2) is 37.9 Å². The van der Waals surface area contributed by atoms with E-state index in [0.717, 1.165) is 19.3 Å². The number of hydrogen-bond acceptors (Lipinski definition) is 5. The maximum absolute atomic E-state index is 11.5. The van der Waals surface area contributed by atoms with Crippen molar-refractivity contribution in [2.75, 3.05) is 19.8 Å². The van der Waals surface area contributed by atoms with Crippen molar-refractivity contribution in [1.82, 2.24) is 0 Å². The number of esters is 2. The minimum atomic E-state index is -0.455. The van der Waals surface area contributed by atoms with E-state index in [9.17, 15) is 9.59 Å². The maximum atomic E-state index is 11.5. The monoisotopic (exact) mass is 302 g/mol. The smallest absolute Gasteiger partial charge is 0.332 e. The molecule has 21 heavy (non-hydrogen) atoms. The second kappa shape index (κ2) is 12.6. The third-order valence-corrected chi connectivity index (χ3v) is 2.81. The molecule has 0 aromatic carbocycles. The third kappa shape index (κ3) is 13.6. The van der Waals surface area contributed by atoms with Crippen molar-refractivity contribution >= 4 is 11.9 Å². The van der Waals surface area contributed by atoms with Crippen molar-refractivity contribution < 1.29 is 23.8 Å². The molecule has 1 unspecified atom stereocenters. The van der Waals surface area contributed by atoms with Gasteiger partial charge in [-0.2, -0.15) is 0 Å². The molecule has 0 rings (SSSR count). The largest absolute Gasteiger partial charge is 0.464 e. The van der Waals surface area contributed by atoms with E-state index in [-0.39, 0.29) is 25.2 Å². The van der Waals surface area contributed by atoms with Gasteiger partial charge in [0.1, 0.15) is 13.2 Å². The lowest BCUT2D eigenvalue weighted by Crippen LogP contribution is -2.22. The average Bonchev–Trinajstić information content (AvgIpc) is 2.41. The average molecular weight is 302 g/mol. The Morgan fingerprint density at radius 3 is 2.24 bits per heavy atom. The van der Waals surface area contributed by atoms with E-state index >= 15 is 0 Å². The summed E-state index contributed by atoms with van der Waals surface area (Å²) in [5.74, 6) is -0.605. The first-order valence-corrected chi connectivity index (χ1v) is 7.88. The normalized spacial score (nSPS) is 12.2. The van der Waals surface area contributed by atoms with Gasteiger partial charge in [0.05, 0.1) is 12.7 Å². The molecule has 0 saturated heterocycles. The van der Waals surface area contributed by atoms with E-state index in [1.165, 1.54) is 12.8 Å². The fourth-order valence-corrected chi connectivity index (χ4v) is 1.69. The van der Waals surface area contributed by atoms with E-state index in [4.69, 9.17) is 14.2 Å². The summed E-state index contributed by atoms with van der Waals surface area (Å²) in [6, 6.07) is 0. The summed E-state index contributed by atoms with van der Waals surface area (Å²) < 4.78 is 15.1. The van der Waals surface area contributed by atoms with Crippen LogP contribution in [0.15, 0.2) is 0 Å². The Balaban J connectivity index is 3.58. The Morgan fingerprint density at radius 2 is 1.62 bits per heavy atom. The SMILES string of the molecule is CCCCCCC(C)OC(=O)COCC(=O)OCC(C)C. The van der Waals surface area contributed by atoms with Gasteiger partial charge in [-0.1, -0.05) is 40.0 Å². The van der Waals surface area contributed by atoms with Gasteiger partial charge < -0.3 is 14.2 Å².